The molecule has 2 aromatic rings. The Kier molecular flexibility index (Phi) is 5.09. The minimum atomic E-state index is 0.0307. The van der Waals surface area contributed by atoms with Gasteiger partial charge in [0.1, 0.15) is 0 Å². The Hall–Kier alpha value is -2.49. The molecule has 2 fully saturated rings. The second-order valence-corrected chi connectivity index (χ2v) is 7.31. The Bertz CT molecular complexity index is 732. The Morgan fingerprint density at radius 2 is 1.50 bits per heavy atom. The highest BCUT2D eigenvalue weighted by molar-refractivity contribution is 5.93. The molecule has 0 spiro atoms. The molecule has 0 radical (unpaired) electrons. The predicted octanol–water partition coefficient (Wildman–Crippen LogP) is 4.70. The monoisotopic (exact) mass is 349 g/mol. The first kappa shape index (κ1) is 17.0. The van der Waals surface area contributed by atoms with Gasteiger partial charge in [0, 0.05) is 26.2 Å². The average molecular weight is 349 g/mol. The number of para-hydroxylation sites is 2. The molecule has 136 valence electrons. The number of urea groups is 1. The van der Waals surface area contributed by atoms with Crippen molar-refractivity contribution in [3.63, 3.8) is 0 Å². The average Bonchev–Trinajstić information content (AvgIpc) is 3.24. The SMILES string of the molecule is O=C(Nc1ccccc1N1CCCC1)N1CCC(c2ccccc2)CC1. The third-order valence-electron chi connectivity index (χ3n) is 5.65. The van der Waals surface area contributed by atoms with Crippen LogP contribution in [-0.2, 0) is 0 Å². The number of nitrogens with zero attached hydrogens (tertiary/aromatic N) is 2. The van der Waals surface area contributed by atoms with E-state index in [2.05, 4.69) is 52.7 Å². The van der Waals surface area contributed by atoms with E-state index in [4.69, 9.17) is 0 Å². The topological polar surface area (TPSA) is 35.6 Å². The van der Waals surface area contributed by atoms with Crippen molar-refractivity contribution in [2.24, 2.45) is 0 Å². The summed E-state index contributed by atoms with van der Waals surface area (Å²) in [5.41, 5.74) is 3.48. The van der Waals surface area contributed by atoms with Crippen LogP contribution in [0.3, 0.4) is 0 Å². The summed E-state index contributed by atoms with van der Waals surface area (Å²) >= 11 is 0. The molecule has 0 aliphatic carbocycles. The van der Waals surface area contributed by atoms with E-state index < -0.39 is 0 Å². The molecule has 0 unspecified atom stereocenters. The maximum atomic E-state index is 12.8. The maximum absolute atomic E-state index is 12.8. The van der Waals surface area contributed by atoms with Gasteiger partial charge >= 0.3 is 6.03 Å². The van der Waals surface area contributed by atoms with Gasteiger partial charge in [0.05, 0.1) is 11.4 Å². The van der Waals surface area contributed by atoms with E-state index in [1.165, 1.54) is 18.4 Å². The second-order valence-electron chi connectivity index (χ2n) is 7.31. The zero-order valence-corrected chi connectivity index (χ0v) is 15.2. The summed E-state index contributed by atoms with van der Waals surface area (Å²) in [5, 5.41) is 3.16. The molecule has 2 amide bonds. The quantitative estimate of drug-likeness (QED) is 0.872. The van der Waals surface area contributed by atoms with E-state index in [1.807, 2.05) is 17.0 Å². The highest BCUT2D eigenvalue weighted by atomic mass is 16.2. The summed E-state index contributed by atoms with van der Waals surface area (Å²) < 4.78 is 0. The molecule has 2 aliphatic heterocycles. The Morgan fingerprint density at radius 3 is 2.23 bits per heavy atom. The van der Waals surface area contributed by atoms with Gasteiger partial charge in [-0.1, -0.05) is 42.5 Å². The highest BCUT2D eigenvalue weighted by Crippen LogP contribution is 2.30. The van der Waals surface area contributed by atoms with E-state index >= 15 is 0 Å². The van der Waals surface area contributed by atoms with Crippen molar-refractivity contribution in [2.75, 3.05) is 36.4 Å². The van der Waals surface area contributed by atoms with Crippen LogP contribution in [0, 0.1) is 0 Å². The molecule has 0 bridgehead atoms. The fraction of sp³-hybridized carbons (Fsp3) is 0.409. The summed E-state index contributed by atoms with van der Waals surface area (Å²) in [7, 11) is 0. The lowest BCUT2D eigenvalue weighted by Gasteiger charge is -2.32. The number of piperidine rings is 1. The molecule has 2 heterocycles. The molecular formula is C22H27N3O. The number of likely N-dealkylation sites (tertiary alicyclic amines) is 1. The van der Waals surface area contributed by atoms with E-state index in [9.17, 15) is 4.79 Å². The van der Waals surface area contributed by atoms with Crippen molar-refractivity contribution >= 4 is 17.4 Å². The number of hydrogen-bond acceptors (Lipinski definition) is 2. The van der Waals surface area contributed by atoms with Crippen LogP contribution in [0.15, 0.2) is 54.6 Å². The van der Waals surface area contributed by atoms with Gasteiger partial charge in [0.15, 0.2) is 0 Å². The molecule has 0 aromatic heterocycles. The molecule has 4 nitrogen and oxygen atoms in total. The molecular weight excluding hydrogens is 322 g/mol. The van der Waals surface area contributed by atoms with Crippen LogP contribution in [0.4, 0.5) is 16.2 Å². The number of benzene rings is 2. The van der Waals surface area contributed by atoms with Crippen LogP contribution in [0.5, 0.6) is 0 Å². The lowest BCUT2D eigenvalue weighted by atomic mass is 9.90. The van der Waals surface area contributed by atoms with Crippen LogP contribution in [0.2, 0.25) is 0 Å². The minimum Gasteiger partial charge on any atom is -0.370 e. The van der Waals surface area contributed by atoms with Crippen molar-refractivity contribution in [2.45, 2.75) is 31.6 Å². The number of nitrogens with one attached hydrogen (secondary N) is 1. The first-order valence-electron chi connectivity index (χ1n) is 9.76. The molecule has 2 saturated heterocycles. The van der Waals surface area contributed by atoms with Crippen LogP contribution in [0.25, 0.3) is 0 Å². The molecule has 4 heteroatoms. The standard InChI is InChI=1S/C22H27N3O/c26-22(23-20-10-4-5-11-21(20)24-14-6-7-15-24)25-16-12-19(13-17-25)18-8-2-1-3-9-18/h1-5,8-11,19H,6-7,12-17H2,(H,23,26). The number of amides is 2. The number of carbonyl (C=O) groups excluding carboxylic acids is 1. The zero-order valence-electron chi connectivity index (χ0n) is 15.2. The van der Waals surface area contributed by atoms with Crippen molar-refractivity contribution in [1.29, 1.82) is 0 Å². The Morgan fingerprint density at radius 1 is 0.846 bits per heavy atom. The lowest BCUT2D eigenvalue weighted by molar-refractivity contribution is 0.194. The van der Waals surface area contributed by atoms with E-state index in [1.54, 1.807) is 0 Å². The Balaban J connectivity index is 1.38. The predicted molar refractivity (Wildman–Crippen MR) is 107 cm³/mol. The van der Waals surface area contributed by atoms with Gasteiger partial charge in [-0.05, 0) is 49.3 Å². The summed E-state index contributed by atoms with van der Waals surface area (Å²) in [4.78, 5) is 17.1. The van der Waals surface area contributed by atoms with Gasteiger partial charge in [-0.3, -0.25) is 0 Å². The molecule has 0 atom stereocenters. The summed E-state index contributed by atoms with van der Waals surface area (Å²) in [6.45, 7) is 3.79. The van der Waals surface area contributed by atoms with Crippen molar-refractivity contribution < 1.29 is 4.79 Å². The van der Waals surface area contributed by atoms with Gasteiger partial charge in [-0.15, -0.1) is 0 Å². The van der Waals surface area contributed by atoms with E-state index in [0.717, 1.165) is 50.4 Å². The largest absolute Gasteiger partial charge is 0.370 e. The number of carbonyl (C=O) groups is 1. The van der Waals surface area contributed by atoms with Crippen molar-refractivity contribution in [3.8, 4) is 0 Å². The second kappa shape index (κ2) is 7.81. The fourth-order valence-corrected chi connectivity index (χ4v) is 4.15. The van der Waals surface area contributed by atoms with Crippen molar-refractivity contribution in [1.82, 2.24) is 4.90 Å². The van der Waals surface area contributed by atoms with Gasteiger partial charge in [-0.2, -0.15) is 0 Å². The van der Waals surface area contributed by atoms with Crippen molar-refractivity contribution in [3.05, 3.63) is 60.2 Å². The first-order chi connectivity index (χ1) is 12.8. The molecule has 26 heavy (non-hydrogen) atoms. The van der Waals surface area contributed by atoms with Crippen LogP contribution < -0.4 is 10.2 Å². The summed E-state index contributed by atoms with van der Waals surface area (Å²) in [6.07, 6.45) is 4.53. The first-order valence-corrected chi connectivity index (χ1v) is 9.76. The minimum absolute atomic E-state index is 0.0307. The number of hydrogen-bond donors (Lipinski definition) is 1. The third kappa shape index (κ3) is 3.69. The number of anilines is 2. The summed E-state index contributed by atoms with van der Waals surface area (Å²) in [5.74, 6) is 0.567. The zero-order chi connectivity index (χ0) is 17.8. The molecule has 1 N–H and O–H groups in total. The molecule has 0 saturated carbocycles. The van der Waals surface area contributed by atoms with E-state index in [0.29, 0.717) is 5.92 Å². The van der Waals surface area contributed by atoms with Gasteiger partial charge in [-0.25, -0.2) is 4.79 Å². The van der Waals surface area contributed by atoms with Crippen LogP contribution >= 0.6 is 0 Å². The van der Waals surface area contributed by atoms with E-state index in [-0.39, 0.29) is 6.03 Å². The molecule has 4 rings (SSSR count). The molecule has 2 aliphatic rings. The summed E-state index contributed by atoms with van der Waals surface area (Å²) in [6, 6.07) is 18.9. The fourth-order valence-electron chi connectivity index (χ4n) is 4.15. The van der Waals surface area contributed by atoms with Crippen LogP contribution in [0.1, 0.15) is 37.2 Å². The number of rotatable bonds is 3. The highest BCUT2D eigenvalue weighted by Gasteiger charge is 2.24. The third-order valence-corrected chi connectivity index (χ3v) is 5.65. The van der Waals surface area contributed by atoms with Crippen LogP contribution in [-0.4, -0.2) is 37.1 Å². The molecule has 2 aromatic carbocycles. The maximum Gasteiger partial charge on any atom is 0.321 e. The van der Waals surface area contributed by atoms with Gasteiger partial charge in [0.25, 0.3) is 0 Å². The van der Waals surface area contributed by atoms with Gasteiger partial charge < -0.3 is 15.1 Å². The lowest BCUT2D eigenvalue weighted by Crippen LogP contribution is -2.40. The van der Waals surface area contributed by atoms with Gasteiger partial charge in [0.2, 0.25) is 0 Å². The smallest absolute Gasteiger partial charge is 0.321 e. The Labute approximate surface area is 155 Å². The normalized spacial score (nSPS) is 18.2.